The summed E-state index contributed by atoms with van der Waals surface area (Å²) in [6, 6.07) is 7.26. The second-order valence-electron chi connectivity index (χ2n) is 4.04. The second-order valence-corrected chi connectivity index (χ2v) is 4.44. The maximum absolute atomic E-state index is 13.0. The van der Waals surface area contributed by atoms with Crippen molar-refractivity contribution in [1.29, 1.82) is 0 Å². The summed E-state index contributed by atoms with van der Waals surface area (Å²) in [5, 5.41) is -0.261. The molecule has 0 aliphatic rings. The largest absolute Gasteiger partial charge is 0.416 e. The lowest BCUT2D eigenvalue weighted by atomic mass is 10.0. The standard InChI is InChI=1S/C14H7ClF4O/c15-11-7-9(4-5-12(11)16)13(20)8-2-1-3-10(6-8)14(17,18)19/h1-7H. The van der Waals surface area contributed by atoms with Crippen LogP contribution in [0.4, 0.5) is 17.6 Å². The van der Waals surface area contributed by atoms with Gasteiger partial charge >= 0.3 is 6.18 Å². The van der Waals surface area contributed by atoms with E-state index < -0.39 is 23.3 Å². The number of rotatable bonds is 2. The summed E-state index contributed by atoms with van der Waals surface area (Å²) in [6.07, 6.45) is -4.53. The van der Waals surface area contributed by atoms with Crippen molar-refractivity contribution in [3.05, 3.63) is 70.0 Å². The van der Waals surface area contributed by atoms with E-state index in [0.29, 0.717) is 0 Å². The number of ketones is 1. The molecule has 1 nitrogen and oxygen atoms in total. The van der Waals surface area contributed by atoms with Gasteiger partial charge in [0.05, 0.1) is 10.6 Å². The highest BCUT2D eigenvalue weighted by Gasteiger charge is 2.31. The Morgan fingerprint density at radius 2 is 1.65 bits per heavy atom. The molecule has 0 aromatic heterocycles. The molecule has 0 aliphatic carbocycles. The highest BCUT2D eigenvalue weighted by Crippen LogP contribution is 2.30. The Morgan fingerprint density at radius 3 is 2.25 bits per heavy atom. The molecule has 0 heterocycles. The van der Waals surface area contributed by atoms with Crippen LogP contribution in [0.5, 0.6) is 0 Å². The molecule has 104 valence electrons. The highest BCUT2D eigenvalue weighted by molar-refractivity contribution is 6.31. The van der Waals surface area contributed by atoms with Crippen LogP contribution in [-0.4, -0.2) is 5.78 Å². The van der Waals surface area contributed by atoms with Gasteiger partial charge in [-0.05, 0) is 30.3 Å². The van der Waals surface area contributed by atoms with Crippen LogP contribution in [0.15, 0.2) is 42.5 Å². The Kier molecular flexibility index (Phi) is 3.81. The summed E-state index contributed by atoms with van der Waals surface area (Å²) in [7, 11) is 0. The predicted molar refractivity (Wildman–Crippen MR) is 66.3 cm³/mol. The number of carbonyl (C=O) groups excluding carboxylic acids is 1. The van der Waals surface area contributed by atoms with E-state index in [-0.39, 0.29) is 16.1 Å². The van der Waals surface area contributed by atoms with Crippen molar-refractivity contribution in [1.82, 2.24) is 0 Å². The van der Waals surface area contributed by atoms with Gasteiger partial charge in [0.2, 0.25) is 0 Å². The van der Waals surface area contributed by atoms with E-state index in [1.165, 1.54) is 12.1 Å². The van der Waals surface area contributed by atoms with Gasteiger partial charge in [-0.1, -0.05) is 23.7 Å². The number of hydrogen-bond acceptors (Lipinski definition) is 1. The summed E-state index contributed by atoms with van der Waals surface area (Å²) < 4.78 is 50.7. The van der Waals surface area contributed by atoms with Gasteiger partial charge in [0.1, 0.15) is 5.82 Å². The smallest absolute Gasteiger partial charge is 0.289 e. The highest BCUT2D eigenvalue weighted by atomic mass is 35.5. The molecule has 0 unspecified atom stereocenters. The Hall–Kier alpha value is -1.88. The summed E-state index contributed by atoms with van der Waals surface area (Å²) in [5.74, 6) is -1.36. The molecule has 0 fully saturated rings. The van der Waals surface area contributed by atoms with Crippen molar-refractivity contribution in [2.45, 2.75) is 6.18 Å². The third kappa shape index (κ3) is 2.99. The molecule has 0 saturated carbocycles. The monoisotopic (exact) mass is 302 g/mol. The van der Waals surface area contributed by atoms with E-state index >= 15 is 0 Å². The fraction of sp³-hybridized carbons (Fsp3) is 0.0714. The van der Waals surface area contributed by atoms with Crippen LogP contribution in [0.25, 0.3) is 0 Å². The first-order valence-corrected chi connectivity index (χ1v) is 5.84. The fourth-order valence-corrected chi connectivity index (χ4v) is 1.82. The topological polar surface area (TPSA) is 17.1 Å². The van der Waals surface area contributed by atoms with Gasteiger partial charge in [0, 0.05) is 11.1 Å². The van der Waals surface area contributed by atoms with Crippen molar-refractivity contribution < 1.29 is 22.4 Å². The molecule has 0 bridgehead atoms. The minimum Gasteiger partial charge on any atom is -0.289 e. The van der Waals surface area contributed by atoms with Gasteiger partial charge in [0.25, 0.3) is 0 Å². The first-order chi connectivity index (χ1) is 9.29. The van der Waals surface area contributed by atoms with Crippen LogP contribution in [0, 0.1) is 5.82 Å². The van der Waals surface area contributed by atoms with Gasteiger partial charge in [-0.3, -0.25) is 4.79 Å². The number of benzene rings is 2. The van der Waals surface area contributed by atoms with Crippen LogP contribution >= 0.6 is 11.6 Å². The van der Waals surface area contributed by atoms with Crippen molar-refractivity contribution in [3.63, 3.8) is 0 Å². The van der Waals surface area contributed by atoms with E-state index in [1.54, 1.807) is 0 Å². The first-order valence-electron chi connectivity index (χ1n) is 5.46. The normalized spacial score (nSPS) is 11.4. The maximum atomic E-state index is 13.0. The van der Waals surface area contributed by atoms with Gasteiger partial charge in [-0.15, -0.1) is 0 Å². The zero-order valence-electron chi connectivity index (χ0n) is 9.84. The van der Waals surface area contributed by atoms with Crippen molar-refractivity contribution in [2.75, 3.05) is 0 Å². The Bertz CT molecular complexity index is 664. The van der Waals surface area contributed by atoms with Crippen molar-refractivity contribution in [3.8, 4) is 0 Å². The third-order valence-electron chi connectivity index (χ3n) is 2.63. The summed E-state index contributed by atoms with van der Waals surface area (Å²) >= 11 is 5.54. The maximum Gasteiger partial charge on any atom is 0.416 e. The fourth-order valence-electron chi connectivity index (χ4n) is 1.64. The van der Waals surface area contributed by atoms with Gasteiger partial charge in [0.15, 0.2) is 5.78 Å². The average molecular weight is 303 g/mol. The SMILES string of the molecule is O=C(c1cccc(C(F)(F)F)c1)c1ccc(F)c(Cl)c1. The molecular weight excluding hydrogens is 296 g/mol. The molecule has 6 heteroatoms. The van der Waals surface area contributed by atoms with Crippen LogP contribution in [0.1, 0.15) is 21.5 Å². The lowest BCUT2D eigenvalue weighted by Gasteiger charge is -2.08. The van der Waals surface area contributed by atoms with Crippen LogP contribution < -0.4 is 0 Å². The molecule has 0 amide bonds. The van der Waals surface area contributed by atoms with Gasteiger partial charge in [-0.25, -0.2) is 4.39 Å². The predicted octanol–water partition coefficient (Wildman–Crippen LogP) is 4.73. The lowest BCUT2D eigenvalue weighted by molar-refractivity contribution is -0.137. The zero-order valence-corrected chi connectivity index (χ0v) is 10.6. The van der Waals surface area contributed by atoms with E-state index in [0.717, 1.165) is 30.3 Å². The second kappa shape index (κ2) is 5.25. The van der Waals surface area contributed by atoms with E-state index in [1.807, 2.05) is 0 Å². The average Bonchev–Trinajstić information content (AvgIpc) is 2.40. The van der Waals surface area contributed by atoms with Gasteiger partial charge < -0.3 is 0 Å². The zero-order chi connectivity index (χ0) is 14.9. The molecular formula is C14H7ClF4O. The van der Waals surface area contributed by atoms with E-state index in [4.69, 9.17) is 11.6 Å². The Morgan fingerprint density at radius 1 is 1.00 bits per heavy atom. The minimum absolute atomic E-state index is 0.0238. The molecule has 0 aliphatic heterocycles. The molecule has 0 N–H and O–H groups in total. The number of carbonyl (C=O) groups is 1. The minimum atomic E-state index is -4.53. The van der Waals surface area contributed by atoms with Crippen molar-refractivity contribution in [2.24, 2.45) is 0 Å². The molecule has 20 heavy (non-hydrogen) atoms. The molecule has 0 spiro atoms. The molecule has 2 aromatic carbocycles. The molecule has 2 aromatic rings. The van der Waals surface area contributed by atoms with Crippen molar-refractivity contribution >= 4 is 17.4 Å². The van der Waals surface area contributed by atoms with E-state index in [2.05, 4.69) is 0 Å². The third-order valence-corrected chi connectivity index (χ3v) is 2.92. The van der Waals surface area contributed by atoms with Crippen LogP contribution in [0.2, 0.25) is 5.02 Å². The lowest BCUT2D eigenvalue weighted by Crippen LogP contribution is -2.08. The summed E-state index contributed by atoms with van der Waals surface area (Å²) in [6.45, 7) is 0. The Labute approximate surface area is 116 Å². The summed E-state index contributed by atoms with van der Waals surface area (Å²) in [5.41, 5.74) is -1.03. The van der Waals surface area contributed by atoms with Crippen LogP contribution in [-0.2, 0) is 6.18 Å². The van der Waals surface area contributed by atoms with Gasteiger partial charge in [-0.2, -0.15) is 13.2 Å². The number of halogens is 5. The van der Waals surface area contributed by atoms with Crippen LogP contribution in [0.3, 0.4) is 0 Å². The number of alkyl halides is 3. The quantitative estimate of drug-likeness (QED) is 0.579. The molecule has 0 atom stereocenters. The van der Waals surface area contributed by atoms with E-state index in [9.17, 15) is 22.4 Å². The number of hydrogen-bond donors (Lipinski definition) is 0. The first kappa shape index (κ1) is 14.5. The molecule has 0 saturated heterocycles. The molecule has 2 rings (SSSR count). The summed E-state index contributed by atoms with van der Waals surface area (Å²) in [4.78, 5) is 12.0. The Balaban J connectivity index is 2.41. The molecule has 0 radical (unpaired) electrons.